The van der Waals surface area contributed by atoms with Crippen LogP contribution < -0.4 is 0 Å². The van der Waals surface area contributed by atoms with Crippen LogP contribution in [-0.2, 0) is 0 Å². The summed E-state index contributed by atoms with van der Waals surface area (Å²) in [7, 11) is 1.94. The Kier molecular flexibility index (Phi) is 5.06. The van der Waals surface area contributed by atoms with Crippen molar-refractivity contribution in [1.29, 1.82) is 0 Å². The van der Waals surface area contributed by atoms with Crippen LogP contribution in [0.15, 0.2) is 22.7 Å². The maximum atomic E-state index is 12.5. The summed E-state index contributed by atoms with van der Waals surface area (Å²) in [5.74, 6) is 0.132. The molecule has 0 bridgehead atoms. The predicted molar refractivity (Wildman–Crippen MR) is 85.8 cm³/mol. The minimum atomic E-state index is 0.132. The van der Waals surface area contributed by atoms with Crippen LogP contribution in [0.4, 0.5) is 0 Å². The van der Waals surface area contributed by atoms with Crippen LogP contribution in [0.1, 0.15) is 42.5 Å². The van der Waals surface area contributed by atoms with E-state index in [-0.39, 0.29) is 5.91 Å². The maximum Gasteiger partial charge on any atom is 0.255 e. The molecule has 18 heavy (non-hydrogen) atoms. The largest absolute Gasteiger partial charge is 0.339 e. The van der Waals surface area contributed by atoms with Gasteiger partial charge < -0.3 is 4.90 Å². The van der Waals surface area contributed by atoms with E-state index >= 15 is 0 Å². The van der Waals surface area contributed by atoms with Gasteiger partial charge >= 0.3 is 0 Å². The van der Waals surface area contributed by atoms with E-state index in [0.717, 1.165) is 26.4 Å². The minimum absolute atomic E-state index is 0.132. The zero-order valence-electron chi connectivity index (χ0n) is 10.5. The first-order chi connectivity index (χ1) is 8.59. The van der Waals surface area contributed by atoms with Gasteiger partial charge in [-0.25, -0.2) is 0 Å². The average molecular weight is 422 g/mol. The van der Waals surface area contributed by atoms with Crippen molar-refractivity contribution < 1.29 is 4.79 Å². The van der Waals surface area contributed by atoms with Crippen molar-refractivity contribution in [2.75, 3.05) is 7.05 Å². The summed E-state index contributed by atoms with van der Waals surface area (Å²) in [5, 5.41) is 0. The van der Waals surface area contributed by atoms with Gasteiger partial charge in [0.05, 0.1) is 5.56 Å². The van der Waals surface area contributed by atoms with E-state index in [1.807, 2.05) is 30.1 Å². The molecule has 2 rings (SSSR count). The SMILES string of the molecule is CN(C(=O)c1cc(I)ccc1Br)C1CCCCC1. The van der Waals surface area contributed by atoms with Crippen LogP contribution in [0.3, 0.4) is 0 Å². The zero-order valence-corrected chi connectivity index (χ0v) is 14.2. The molecule has 1 aliphatic rings. The van der Waals surface area contributed by atoms with Gasteiger partial charge in [0, 0.05) is 21.1 Å². The summed E-state index contributed by atoms with van der Waals surface area (Å²) in [6, 6.07) is 6.31. The lowest BCUT2D eigenvalue weighted by atomic mass is 9.94. The molecule has 0 aliphatic heterocycles. The molecule has 2 nitrogen and oxygen atoms in total. The Morgan fingerprint density at radius 3 is 2.67 bits per heavy atom. The van der Waals surface area contributed by atoms with Crippen molar-refractivity contribution in [1.82, 2.24) is 4.90 Å². The Bertz CT molecular complexity index is 443. The highest BCUT2D eigenvalue weighted by molar-refractivity contribution is 14.1. The normalized spacial score (nSPS) is 16.6. The molecule has 0 radical (unpaired) electrons. The first-order valence-corrected chi connectivity index (χ1v) is 8.19. The number of halogens is 2. The van der Waals surface area contributed by atoms with Gasteiger partial charge in [0.2, 0.25) is 0 Å². The molecule has 0 aromatic heterocycles. The fourth-order valence-corrected chi connectivity index (χ4v) is 3.39. The van der Waals surface area contributed by atoms with Gasteiger partial charge in [-0.2, -0.15) is 0 Å². The summed E-state index contributed by atoms with van der Waals surface area (Å²) in [6.45, 7) is 0. The van der Waals surface area contributed by atoms with E-state index in [9.17, 15) is 4.79 Å². The second-order valence-corrected chi connectivity index (χ2v) is 6.93. The third-order valence-electron chi connectivity index (χ3n) is 3.60. The van der Waals surface area contributed by atoms with Gasteiger partial charge in [0.15, 0.2) is 0 Å². The van der Waals surface area contributed by atoms with E-state index in [1.54, 1.807) is 0 Å². The molecular weight excluding hydrogens is 405 g/mol. The van der Waals surface area contributed by atoms with Gasteiger partial charge in [-0.3, -0.25) is 4.79 Å². The number of rotatable bonds is 2. The van der Waals surface area contributed by atoms with E-state index in [4.69, 9.17) is 0 Å². The van der Waals surface area contributed by atoms with Gasteiger partial charge in [-0.05, 0) is 69.6 Å². The molecule has 0 N–H and O–H groups in total. The summed E-state index contributed by atoms with van der Waals surface area (Å²) in [5.41, 5.74) is 0.773. The average Bonchev–Trinajstić information content (AvgIpc) is 2.41. The highest BCUT2D eigenvalue weighted by Crippen LogP contribution is 2.26. The molecule has 4 heteroatoms. The number of amides is 1. The fourth-order valence-electron chi connectivity index (χ4n) is 2.49. The number of benzene rings is 1. The summed E-state index contributed by atoms with van der Waals surface area (Å²) < 4.78 is 1.98. The quantitative estimate of drug-likeness (QED) is 0.645. The summed E-state index contributed by atoms with van der Waals surface area (Å²) >= 11 is 5.71. The van der Waals surface area contributed by atoms with E-state index < -0.39 is 0 Å². The lowest BCUT2D eigenvalue weighted by Crippen LogP contribution is -2.38. The molecule has 1 aromatic carbocycles. The number of carbonyl (C=O) groups excluding carboxylic acids is 1. The van der Waals surface area contributed by atoms with Crippen LogP contribution in [0.25, 0.3) is 0 Å². The van der Waals surface area contributed by atoms with Gasteiger partial charge in [0.25, 0.3) is 5.91 Å². The van der Waals surface area contributed by atoms with Crippen molar-refractivity contribution in [3.8, 4) is 0 Å². The van der Waals surface area contributed by atoms with E-state index in [1.165, 1.54) is 19.3 Å². The zero-order chi connectivity index (χ0) is 13.1. The second kappa shape index (κ2) is 6.37. The molecule has 98 valence electrons. The molecule has 0 spiro atoms. The van der Waals surface area contributed by atoms with E-state index in [2.05, 4.69) is 38.5 Å². The van der Waals surface area contributed by atoms with Crippen LogP contribution >= 0.6 is 38.5 Å². The highest BCUT2D eigenvalue weighted by Gasteiger charge is 2.24. The molecule has 1 amide bonds. The van der Waals surface area contributed by atoms with Gasteiger partial charge in [-0.15, -0.1) is 0 Å². The number of hydrogen-bond donors (Lipinski definition) is 0. The predicted octanol–water partition coefficient (Wildman–Crippen LogP) is 4.46. The highest BCUT2D eigenvalue weighted by atomic mass is 127. The minimum Gasteiger partial charge on any atom is -0.339 e. The van der Waals surface area contributed by atoms with Crippen molar-refractivity contribution in [3.05, 3.63) is 31.8 Å². The Morgan fingerprint density at radius 2 is 2.00 bits per heavy atom. The number of carbonyl (C=O) groups is 1. The lowest BCUT2D eigenvalue weighted by Gasteiger charge is -2.31. The first kappa shape index (κ1) is 14.3. The summed E-state index contributed by atoms with van der Waals surface area (Å²) in [6.07, 6.45) is 6.09. The third-order valence-corrected chi connectivity index (χ3v) is 4.96. The van der Waals surface area contributed by atoms with Gasteiger partial charge in [-0.1, -0.05) is 19.3 Å². The maximum absolute atomic E-state index is 12.5. The topological polar surface area (TPSA) is 20.3 Å². The molecule has 1 fully saturated rings. The van der Waals surface area contributed by atoms with Crippen molar-refractivity contribution >= 4 is 44.4 Å². The molecule has 1 saturated carbocycles. The Balaban J connectivity index is 2.16. The van der Waals surface area contributed by atoms with E-state index in [0.29, 0.717) is 6.04 Å². The van der Waals surface area contributed by atoms with Crippen LogP contribution in [-0.4, -0.2) is 23.9 Å². The number of nitrogens with zero attached hydrogens (tertiary/aromatic N) is 1. The molecule has 0 heterocycles. The fraction of sp³-hybridized carbons (Fsp3) is 0.500. The van der Waals surface area contributed by atoms with Crippen LogP contribution in [0, 0.1) is 3.57 Å². The molecule has 0 saturated heterocycles. The Morgan fingerprint density at radius 1 is 1.33 bits per heavy atom. The Labute approximate surface area is 130 Å². The van der Waals surface area contributed by atoms with Gasteiger partial charge in [0.1, 0.15) is 0 Å². The lowest BCUT2D eigenvalue weighted by molar-refractivity contribution is 0.0695. The van der Waals surface area contributed by atoms with Crippen molar-refractivity contribution in [3.63, 3.8) is 0 Å². The standard InChI is InChI=1S/C14H17BrINO/c1-17(11-5-3-2-4-6-11)14(18)12-9-10(16)7-8-13(12)15/h7-9,11H,2-6H2,1H3. The first-order valence-electron chi connectivity index (χ1n) is 6.32. The molecule has 0 unspecified atom stereocenters. The summed E-state index contributed by atoms with van der Waals surface area (Å²) in [4.78, 5) is 14.4. The number of hydrogen-bond acceptors (Lipinski definition) is 1. The Hall–Kier alpha value is -0.100. The van der Waals surface area contributed by atoms with Crippen molar-refractivity contribution in [2.24, 2.45) is 0 Å². The van der Waals surface area contributed by atoms with Crippen molar-refractivity contribution in [2.45, 2.75) is 38.1 Å². The molecule has 0 atom stereocenters. The van der Waals surface area contributed by atoms with Crippen LogP contribution in [0.2, 0.25) is 0 Å². The van der Waals surface area contributed by atoms with Crippen LogP contribution in [0.5, 0.6) is 0 Å². The smallest absolute Gasteiger partial charge is 0.255 e. The molecular formula is C14H17BrINO. The monoisotopic (exact) mass is 421 g/mol. The second-order valence-electron chi connectivity index (χ2n) is 4.83. The molecule has 1 aromatic rings. The molecule has 1 aliphatic carbocycles. The third kappa shape index (κ3) is 3.26.